The minimum Gasteiger partial charge on any atom is -0.344 e. The van der Waals surface area contributed by atoms with Crippen LogP contribution in [0.1, 0.15) is 10.4 Å². The van der Waals surface area contributed by atoms with Crippen LogP contribution in [0.3, 0.4) is 0 Å². The van der Waals surface area contributed by atoms with Crippen molar-refractivity contribution >= 4 is 17.5 Å². The molecule has 0 aliphatic carbocycles. The molecule has 2 N–H and O–H groups in total. The first-order valence-corrected chi connectivity index (χ1v) is 2.87. The molecule has 4 heteroatoms. The normalized spacial score (nSPS) is 10.4. The Balaban J connectivity index is 2.88. The summed E-state index contributed by atoms with van der Waals surface area (Å²) < 4.78 is 0. The highest BCUT2D eigenvalue weighted by molar-refractivity contribution is 5.93. The molecule has 0 fully saturated rings. The van der Waals surface area contributed by atoms with Gasteiger partial charge in [-0.3, -0.25) is 4.79 Å². The van der Waals surface area contributed by atoms with Crippen molar-refractivity contribution < 1.29 is 4.79 Å². The number of fused-ring (bicyclic) bond motifs is 1. The number of aromatic nitrogens is 3. The first-order valence-electron chi connectivity index (χ1n) is 2.87. The second-order valence-electron chi connectivity index (χ2n) is 1.99. The number of hydrogen-bond donors (Lipinski definition) is 2. The van der Waals surface area contributed by atoms with Gasteiger partial charge in [0.05, 0.1) is 17.4 Å². The Hall–Kier alpha value is -1.58. The van der Waals surface area contributed by atoms with Gasteiger partial charge in [0.2, 0.25) is 0 Å². The summed E-state index contributed by atoms with van der Waals surface area (Å²) in [5.74, 6) is 0. The van der Waals surface area contributed by atoms with Gasteiger partial charge in [-0.2, -0.15) is 0 Å². The first-order chi connectivity index (χ1) is 4.92. The van der Waals surface area contributed by atoms with Crippen molar-refractivity contribution in [1.82, 2.24) is 15.0 Å². The predicted molar refractivity (Wildman–Crippen MR) is 35.8 cm³/mol. The summed E-state index contributed by atoms with van der Waals surface area (Å²) in [6.07, 6.45) is 3.96. The Bertz CT molecular complexity index is 360. The van der Waals surface area contributed by atoms with Gasteiger partial charge in [0.15, 0.2) is 11.9 Å². The molecule has 50 valence electrons. The van der Waals surface area contributed by atoms with Gasteiger partial charge in [-0.1, -0.05) is 0 Å². The molecule has 0 bridgehead atoms. The molecule has 0 aromatic carbocycles. The molecule has 2 aromatic rings. The molecule has 0 atom stereocenters. The fourth-order valence-corrected chi connectivity index (χ4v) is 0.935. The Kier molecular flexibility index (Phi) is 0.887. The van der Waals surface area contributed by atoms with Crippen molar-refractivity contribution in [2.75, 3.05) is 0 Å². The number of hydrogen-bond acceptors (Lipinski definition) is 2. The van der Waals surface area contributed by atoms with E-state index >= 15 is 0 Å². The third-order valence-electron chi connectivity index (χ3n) is 1.42. The average molecular weight is 135 g/mol. The lowest BCUT2D eigenvalue weighted by Gasteiger charge is -1.75. The lowest BCUT2D eigenvalue weighted by molar-refractivity contribution is 0.112. The highest BCUT2D eigenvalue weighted by Gasteiger charge is 2.01. The molecule has 0 unspecified atom stereocenters. The summed E-state index contributed by atoms with van der Waals surface area (Å²) in [5, 5.41) is 0. The molecule has 0 saturated heterocycles. The third-order valence-corrected chi connectivity index (χ3v) is 1.42. The highest BCUT2D eigenvalue weighted by atomic mass is 16.1. The lowest BCUT2D eigenvalue weighted by Crippen LogP contribution is -1.72. The fraction of sp³-hybridized carbons (Fsp3) is 0. The summed E-state index contributed by atoms with van der Waals surface area (Å²) in [4.78, 5) is 19.9. The van der Waals surface area contributed by atoms with Crippen molar-refractivity contribution in [1.29, 1.82) is 0 Å². The second-order valence-corrected chi connectivity index (χ2v) is 1.99. The second kappa shape index (κ2) is 1.70. The largest absolute Gasteiger partial charge is 0.344 e. The van der Waals surface area contributed by atoms with Crippen LogP contribution in [0.5, 0.6) is 0 Å². The summed E-state index contributed by atoms with van der Waals surface area (Å²) in [6, 6.07) is 0. The van der Waals surface area contributed by atoms with Gasteiger partial charge >= 0.3 is 0 Å². The van der Waals surface area contributed by atoms with Gasteiger partial charge in [-0.25, -0.2) is 4.98 Å². The SMILES string of the molecule is O=Cc1c[nH]c2nc[nH]c12. The topological polar surface area (TPSA) is 61.5 Å². The van der Waals surface area contributed by atoms with Gasteiger partial charge < -0.3 is 9.97 Å². The number of imidazole rings is 1. The van der Waals surface area contributed by atoms with Crippen molar-refractivity contribution in [3.05, 3.63) is 18.1 Å². The van der Waals surface area contributed by atoms with Gasteiger partial charge in [0.1, 0.15) is 0 Å². The van der Waals surface area contributed by atoms with Crippen molar-refractivity contribution in [3.8, 4) is 0 Å². The Morgan fingerprint density at radius 1 is 1.50 bits per heavy atom. The molecule has 4 nitrogen and oxygen atoms in total. The van der Waals surface area contributed by atoms with E-state index in [0.717, 1.165) is 17.5 Å². The Morgan fingerprint density at radius 3 is 3.20 bits per heavy atom. The molecule has 0 spiro atoms. The van der Waals surface area contributed by atoms with E-state index in [-0.39, 0.29) is 0 Å². The maximum absolute atomic E-state index is 10.3. The van der Waals surface area contributed by atoms with Crippen LogP contribution in [0.2, 0.25) is 0 Å². The number of nitrogens with zero attached hydrogens (tertiary/aromatic N) is 1. The molecule has 2 heterocycles. The van der Waals surface area contributed by atoms with E-state index in [1.54, 1.807) is 12.5 Å². The molecule has 0 amide bonds. The van der Waals surface area contributed by atoms with Crippen molar-refractivity contribution in [3.63, 3.8) is 0 Å². The predicted octanol–water partition coefficient (Wildman–Crippen LogP) is 0.703. The number of carbonyl (C=O) groups excluding carboxylic acids is 1. The smallest absolute Gasteiger partial charge is 0.156 e. The van der Waals surface area contributed by atoms with E-state index in [1.165, 1.54) is 0 Å². The summed E-state index contributed by atoms with van der Waals surface area (Å²) in [6.45, 7) is 0. The minimum atomic E-state index is 0.618. The number of carbonyl (C=O) groups is 1. The Labute approximate surface area is 56.3 Å². The van der Waals surface area contributed by atoms with E-state index in [4.69, 9.17) is 0 Å². The zero-order valence-electron chi connectivity index (χ0n) is 5.09. The standard InChI is InChI=1S/C6H5N3O/c10-2-4-1-7-6-5(4)8-3-9-6/h1-3,7H,(H,8,9). The van der Waals surface area contributed by atoms with E-state index in [9.17, 15) is 4.79 Å². The van der Waals surface area contributed by atoms with E-state index in [1.807, 2.05) is 0 Å². The number of rotatable bonds is 1. The monoisotopic (exact) mass is 135 g/mol. The molecule has 0 saturated carbocycles. The van der Waals surface area contributed by atoms with Crippen LogP contribution in [0.15, 0.2) is 12.5 Å². The zero-order chi connectivity index (χ0) is 6.97. The molecule has 10 heavy (non-hydrogen) atoms. The van der Waals surface area contributed by atoms with E-state index in [2.05, 4.69) is 15.0 Å². The number of nitrogens with one attached hydrogen (secondary N) is 2. The van der Waals surface area contributed by atoms with E-state index in [0.29, 0.717) is 5.56 Å². The van der Waals surface area contributed by atoms with E-state index < -0.39 is 0 Å². The van der Waals surface area contributed by atoms with Gasteiger partial charge in [-0.15, -0.1) is 0 Å². The minimum absolute atomic E-state index is 0.618. The molecular weight excluding hydrogens is 130 g/mol. The maximum Gasteiger partial charge on any atom is 0.156 e. The first kappa shape index (κ1) is 5.22. The quantitative estimate of drug-likeness (QED) is 0.565. The average Bonchev–Trinajstić information content (AvgIpc) is 2.44. The van der Waals surface area contributed by atoms with Crippen LogP contribution in [-0.2, 0) is 0 Å². The Morgan fingerprint density at radius 2 is 2.40 bits per heavy atom. The van der Waals surface area contributed by atoms with Crippen LogP contribution in [-0.4, -0.2) is 21.2 Å². The molecule has 0 radical (unpaired) electrons. The van der Waals surface area contributed by atoms with Gasteiger partial charge in [0, 0.05) is 6.20 Å². The molecule has 0 aliphatic heterocycles. The van der Waals surface area contributed by atoms with Crippen molar-refractivity contribution in [2.45, 2.75) is 0 Å². The van der Waals surface area contributed by atoms with Gasteiger partial charge in [-0.05, 0) is 0 Å². The van der Waals surface area contributed by atoms with Crippen molar-refractivity contribution in [2.24, 2.45) is 0 Å². The summed E-state index contributed by atoms with van der Waals surface area (Å²) >= 11 is 0. The molecule has 2 aromatic heterocycles. The van der Waals surface area contributed by atoms with Crippen LogP contribution < -0.4 is 0 Å². The fourth-order valence-electron chi connectivity index (χ4n) is 0.935. The number of aromatic amines is 2. The van der Waals surface area contributed by atoms with Crippen LogP contribution in [0, 0.1) is 0 Å². The third kappa shape index (κ3) is 0.500. The summed E-state index contributed by atoms with van der Waals surface area (Å²) in [5.41, 5.74) is 2.12. The number of aldehydes is 1. The molecule has 0 aliphatic rings. The number of H-pyrrole nitrogens is 2. The maximum atomic E-state index is 10.3. The van der Waals surface area contributed by atoms with Gasteiger partial charge in [0.25, 0.3) is 0 Å². The van der Waals surface area contributed by atoms with Crippen LogP contribution >= 0.6 is 0 Å². The molecule has 2 rings (SSSR count). The summed E-state index contributed by atoms with van der Waals surface area (Å²) in [7, 11) is 0. The lowest BCUT2D eigenvalue weighted by atomic mass is 10.3. The highest BCUT2D eigenvalue weighted by Crippen LogP contribution is 2.10. The van der Waals surface area contributed by atoms with Crippen LogP contribution in [0.25, 0.3) is 11.2 Å². The van der Waals surface area contributed by atoms with Crippen LogP contribution in [0.4, 0.5) is 0 Å². The molecular formula is C6H5N3O. The zero-order valence-corrected chi connectivity index (χ0v) is 5.09.